The maximum absolute atomic E-state index is 12.2. The van der Waals surface area contributed by atoms with E-state index in [1.165, 1.54) is 0 Å². The molecule has 2 N–H and O–H groups in total. The number of hydrogen-bond donors (Lipinski definition) is 2. The van der Waals surface area contributed by atoms with E-state index in [2.05, 4.69) is 31.5 Å². The first-order valence-corrected chi connectivity index (χ1v) is 10.3. The number of anilines is 1. The number of benzene rings is 1. The Kier molecular flexibility index (Phi) is 6.10. The fourth-order valence-electron chi connectivity index (χ4n) is 3.62. The fourth-order valence-corrected chi connectivity index (χ4v) is 3.74. The monoisotopic (exact) mass is 409 g/mol. The van der Waals surface area contributed by atoms with Crippen LogP contribution in [0.15, 0.2) is 54.9 Å². The van der Waals surface area contributed by atoms with Gasteiger partial charge in [-0.25, -0.2) is 0 Å². The van der Waals surface area contributed by atoms with Crippen molar-refractivity contribution < 1.29 is 4.79 Å². The standard InChI is InChI=1S/C22H24ClN5O/c23-19-5-3-16(4-6-19)12-22(29)25-14-17-7-10-28(11-8-17)21-13-20(26-27-21)18-2-1-9-24-15-18/h1-6,9,13,15,17H,7-8,10-12,14H2,(H,25,29)(H,26,27). The number of aromatic nitrogens is 3. The molecule has 29 heavy (non-hydrogen) atoms. The minimum absolute atomic E-state index is 0.0585. The van der Waals surface area contributed by atoms with E-state index in [0.717, 1.165) is 55.1 Å². The second kappa shape index (κ2) is 9.09. The number of carbonyl (C=O) groups excluding carboxylic acids is 1. The van der Waals surface area contributed by atoms with Crippen molar-refractivity contribution in [3.63, 3.8) is 0 Å². The van der Waals surface area contributed by atoms with E-state index in [9.17, 15) is 4.79 Å². The third-order valence-corrected chi connectivity index (χ3v) is 5.59. The van der Waals surface area contributed by atoms with Gasteiger partial charge in [-0.1, -0.05) is 23.7 Å². The van der Waals surface area contributed by atoms with Crippen molar-refractivity contribution in [2.24, 2.45) is 5.92 Å². The van der Waals surface area contributed by atoms with Crippen LogP contribution in [0.25, 0.3) is 11.3 Å². The summed E-state index contributed by atoms with van der Waals surface area (Å²) in [6.07, 6.45) is 6.06. The lowest BCUT2D eigenvalue weighted by Gasteiger charge is -2.32. The SMILES string of the molecule is O=C(Cc1ccc(Cl)cc1)NCC1CCN(c2cc(-c3cccnc3)[nH]n2)CC1. The van der Waals surface area contributed by atoms with Crippen LogP contribution in [-0.4, -0.2) is 40.7 Å². The molecule has 1 amide bonds. The summed E-state index contributed by atoms with van der Waals surface area (Å²) in [5.41, 5.74) is 2.99. The Balaban J connectivity index is 1.23. The molecule has 0 saturated carbocycles. The Morgan fingerprint density at radius 3 is 2.72 bits per heavy atom. The molecule has 7 heteroatoms. The minimum atomic E-state index is 0.0585. The number of aromatic amines is 1. The summed E-state index contributed by atoms with van der Waals surface area (Å²) in [5, 5.41) is 11.3. The highest BCUT2D eigenvalue weighted by Crippen LogP contribution is 2.25. The normalized spacial score (nSPS) is 14.7. The van der Waals surface area contributed by atoms with Crippen LogP contribution in [-0.2, 0) is 11.2 Å². The molecule has 150 valence electrons. The zero-order valence-corrected chi connectivity index (χ0v) is 16.9. The Labute approximate surface area is 175 Å². The molecule has 3 aromatic rings. The van der Waals surface area contributed by atoms with Gasteiger partial charge in [-0.3, -0.25) is 14.9 Å². The summed E-state index contributed by atoms with van der Waals surface area (Å²) < 4.78 is 0. The molecule has 2 aromatic heterocycles. The van der Waals surface area contributed by atoms with Gasteiger partial charge in [0.2, 0.25) is 5.91 Å². The number of nitrogens with one attached hydrogen (secondary N) is 2. The number of nitrogens with zero attached hydrogens (tertiary/aromatic N) is 3. The number of halogens is 1. The molecule has 1 aliphatic heterocycles. The summed E-state index contributed by atoms with van der Waals surface area (Å²) in [4.78, 5) is 18.6. The van der Waals surface area contributed by atoms with Crippen LogP contribution >= 0.6 is 11.6 Å². The Morgan fingerprint density at radius 1 is 1.21 bits per heavy atom. The van der Waals surface area contributed by atoms with E-state index in [1.807, 2.05) is 42.6 Å². The number of rotatable bonds is 6. The maximum Gasteiger partial charge on any atom is 0.224 e. The van der Waals surface area contributed by atoms with Crippen LogP contribution < -0.4 is 10.2 Å². The van der Waals surface area contributed by atoms with Crippen LogP contribution in [0.1, 0.15) is 18.4 Å². The zero-order valence-electron chi connectivity index (χ0n) is 16.1. The molecule has 1 aromatic carbocycles. The van der Waals surface area contributed by atoms with E-state index in [4.69, 9.17) is 11.6 Å². The lowest BCUT2D eigenvalue weighted by molar-refractivity contribution is -0.120. The molecule has 0 atom stereocenters. The third-order valence-electron chi connectivity index (χ3n) is 5.34. The number of hydrogen-bond acceptors (Lipinski definition) is 4. The largest absolute Gasteiger partial charge is 0.356 e. The second-order valence-corrected chi connectivity index (χ2v) is 7.86. The predicted octanol–water partition coefficient (Wildman–Crippen LogP) is 3.70. The molecule has 0 aliphatic carbocycles. The summed E-state index contributed by atoms with van der Waals surface area (Å²) in [6, 6.07) is 13.4. The molecular weight excluding hydrogens is 386 g/mol. The van der Waals surface area contributed by atoms with Crippen LogP contribution in [0.4, 0.5) is 5.82 Å². The van der Waals surface area contributed by atoms with Gasteiger partial charge in [0.15, 0.2) is 5.82 Å². The highest BCUT2D eigenvalue weighted by Gasteiger charge is 2.21. The second-order valence-electron chi connectivity index (χ2n) is 7.42. The number of pyridine rings is 1. The van der Waals surface area contributed by atoms with Gasteiger partial charge in [-0.15, -0.1) is 0 Å². The van der Waals surface area contributed by atoms with E-state index >= 15 is 0 Å². The summed E-state index contributed by atoms with van der Waals surface area (Å²) in [6.45, 7) is 2.60. The minimum Gasteiger partial charge on any atom is -0.356 e. The summed E-state index contributed by atoms with van der Waals surface area (Å²) in [5.74, 6) is 1.52. The predicted molar refractivity (Wildman–Crippen MR) is 115 cm³/mol. The Hall–Kier alpha value is -2.86. The Bertz CT molecular complexity index is 933. The number of amides is 1. The molecule has 6 nitrogen and oxygen atoms in total. The molecule has 1 saturated heterocycles. The van der Waals surface area contributed by atoms with Gasteiger partial charge in [-0.05, 0) is 48.6 Å². The van der Waals surface area contributed by atoms with E-state index in [0.29, 0.717) is 17.4 Å². The van der Waals surface area contributed by atoms with Crippen molar-refractivity contribution >= 4 is 23.3 Å². The summed E-state index contributed by atoms with van der Waals surface area (Å²) in [7, 11) is 0. The quantitative estimate of drug-likeness (QED) is 0.651. The molecule has 4 rings (SSSR count). The van der Waals surface area contributed by atoms with Crippen molar-refractivity contribution in [1.82, 2.24) is 20.5 Å². The molecule has 0 spiro atoms. The molecular formula is C22H24ClN5O. The molecule has 0 unspecified atom stereocenters. The van der Waals surface area contributed by atoms with Gasteiger partial charge < -0.3 is 10.2 Å². The van der Waals surface area contributed by atoms with Crippen LogP contribution in [0.5, 0.6) is 0 Å². The van der Waals surface area contributed by atoms with Crippen LogP contribution in [0.2, 0.25) is 5.02 Å². The van der Waals surface area contributed by atoms with Crippen molar-refractivity contribution in [3.05, 3.63) is 65.4 Å². The van der Waals surface area contributed by atoms with Gasteiger partial charge in [0, 0.05) is 48.7 Å². The van der Waals surface area contributed by atoms with Gasteiger partial charge >= 0.3 is 0 Å². The lowest BCUT2D eigenvalue weighted by atomic mass is 9.96. The van der Waals surface area contributed by atoms with E-state index in [1.54, 1.807) is 6.20 Å². The first kappa shape index (κ1) is 19.5. The van der Waals surface area contributed by atoms with Crippen LogP contribution in [0.3, 0.4) is 0 Å². The van der Waals surface area contributed by atoms with Gasteiger partial charge in [0.05, 0.1) is 12.1 Å². The zero-order chi connectivity index (χ0) is 20.1. The molecule has 1 aliphatic rings. The first-order chi connectivity index (χ1) is 14.2. The fraction of sp³-hybridized carbons (Fsp3) is 0.318. The smallest absolute Gasteiger partial charge is 0.224 e. The van der Waals surface area contributed by atoms with Crippen molar-refractivity contribution in [3.8, 4) is 11.3 Å². The van der Waals surface area contributed by atoms with Crippen molar-refractivity contribution in [2.45, 2.75) is 19.3 Å². The molecule has 0 bridgehead atoms. The lowest BCUT2D eigenvalue weighted by Crippen LogP contribution is -2.39. The van der Waals surface area contributed by atoms with E-state index in [-0.39, 0.29) is 5.91 Å². The summed E-state index contributed by atoms with van der Waals surface area (Å²) >= 11 is 5.89. The number of H-pyrrole nitrogens is 1. The topological polar surface area (TPSA) is 73.9 Å². The average molecular weight is 410 g/mol. The first-order valence-electron chi connectivity index (χ1n) is 9.89. The average Bonchev–Trinajstić information content (AvgIpc) is 3.25. The molecule has 0 radical (unpaired) electrons. The van der Waals surface area contributed by atoms with Gasteiger partial charge in [0.25, 0.3) is 0 Å². The maximum atomic E-state index is 12.2. The molecule has 1 fully saturated rings. The molecule has 3 heterocycles. The highest BCUT2D eigenvalue weighted by molar-refractivity contribution is 6.30. The third kappa shape index (κ3) is 5.15. The van der Waals surface area contributed by atoms with Crippen molar-refractivity contribution in [2.75, 3.05) is 24.5 Å². The Morgan fingerprint density at radius 2 is 2.00 bits per heavy atom. The van der Waals surface area contributed by atoms with E-state index < -0.39 is 0 Å². The number of piperidine rings is 1. The number of carbonyl (C=O) groups is 1. The van der Waals surface area contributed by atoms with Gasteiger partial charge in [-0.2, -0.15) is 5.10 Å². The van der Waals surface area contributed by atoms with Gasteiger partial charge in [0.1, 0.15) is 0 Å². The van der Waals surface area contributed by atoms with Crippen LogP contribution in [0, 0.1) is 5.92 Å². The van der Waals surface area contributed by atoms with Crippen molar-refractivity contribution in [1.29, 1.82) is 0 Å². The highest BCUT2D eigenvalue weighted by atomic mass is 35.5.